The van der Waals surface area contributed by atoms with Gasteiger partial charge in [-0.15, -0.1) is 46.7 Å². The molecule has 0 aliphatic heterocycles. The Balaban J connectivity index is 0.00000242. The van der Waals surface area contributed by atoms with E-state index in [0.29, 0.717) is 0 Å². The largest absolute Gasteiger partial charge is 0.356 e. The number of aryl methyl sites for hydroxylation is 1. The number of thiophene rings is 1. The van der Waals surface area contributed by atoms with Crippen molar-refractivity contribution in [2.24, 2.45) is 4.99 Å². The topological polar surface area (TPSA) is 49.3 Å². The predicted octanol–water partition coefficient (Wildman–Crippen LogP) is 4.06. The van der Waals surface area contributed by atoms with E-state index in [4.69, 9.17) is 0 Å². The van der Waals surface area contributed by atoms with E-state index in [2.05, 4.69) is 54.9 Å². The quantitative estimate of drug-likeness (QED) is 0.347. The number of nitrogens with zero attached hydrogens (tertiary/aromatic N) is 2. The molecular weight excluding hydrogens is 495 g/mol. The molecule has 0 aliphatic carbocycles. The summed E-state index contributed by atoms with van der Waals surface area (Å²) in [5.74, 6) is 0.826. The van der Waals surface area contributed by atoms with Crippen LogP contribution in [-0.4, -0.2) is 24.5 Å². The van der Waals surface area contributed by atoms with Crippen molar-refractivity contribution in [1.82, 2.24) is 15.6 Å². The smallest absolute Gasteiger partial charge is 0.191 e. The number of rotatable bonds is 6. The van der Waals surface area contributed by atoms with Crippen molar-refractivity contribution in [3.05, 3.63) is 36.9 Å². The van der Waals surface area contributed by atoms with Gasteiger partial charge < -0.3 is 10.6 Å². The maximum absolute atomic E-state index is 4.42. The molecule has 2 N–H and O–H groups in total. The van der Waals surface area contributed by atoms with Crippen molar-refractivity contribution >= 4 is 68.5 Å². The van der Waals surface area contributed by atoms with Gasteiger partial charge in [0.1, 0.15) is 0 Å². The summed E-state index contributed by atoms with van der Waals surface area (Å²) in [5, 5.41) is 9.90. The Morgan fingerprint density at radius 2 is 2.18 bits per heavy atom. The lowest BCUT2D eigenvalue weighted by molar-refractivity contribution is 0.796. The molecule has 0 fully saturated rings. The van der Waals surface area contributed by atoms with Gasteiger partial charge in [0.2, 0.25) is 0 Å². The van der Waals surface area contributed by atoms with E-state index >= 15 is 0 Å². The SMILES string of the molecule is CCc1cnc(CCNC(=NC)NCc2cc(Br)cs2)s1.I. The minimum absolute atomic E-state index is 0. The maximum atomic E-state index is 4.42. The molecule has 8 heteroatoms. The fourth-order valence-corrected chi connectivity index (χ4v) is 4.01. The second-order valence-corrected chi connectivity index (χ2v) is 7.52. The van der Waals surface area contributed by atoms with Crippen LogP contribution in [0.1, 0.15) is 21.7 Å². The van der Waals surface area contributed by atoms with Crippen LogP contribution in [-0.2, 0) is 19.4 Å². The zero-order chi connectivity index (χ0) is 15.1. The summed E-state index contributed by atoms with van der Waals surface area (Å²) in [6, 6.07) is 2.12. The van der Waals surface area contributed by atoms with Crippen LogP contribution >= 0.6 is 62.6 Å². The number of aromatic nitrogens is 1. The molecule has 2 aromatic rings. The first-order valence-electron chi connectivity index (χ1n) is 6.82. The summed E-state index contributed by atoms with van der Waals surface area (Å²) in [4.78, 5) is 11.3. The van der Waals surface area contributed by atoms with Gasteiger partial charge in [0, 0.05) is 45.8 Å². The van der Waals surface area contributed by atoms with Gasteiger partial charge in [-0.2, -0.15) is 0 Å². The highest BCUT2D eigenvalue weighted by atomic mass is 127. The first kappa shape index (κ1) is 19.9. The summed E-state index contributed by atoms with van der Waals surface area (Å²) in [6.07, 6.45) is 3.96. The average Bonchev–Trinajstić information content (AvgIpc) is 3.11. The third kappa shape index (κ3) is 6.51. The van der Waals surface area contributed by atoms with Crippen LogP contribution in [0.25, 0.3) is 0 Å². The fraction of sp³-hybridized carbons (Fsp3) is 0.429. The molecule has 0 aromatic carbocycles. The lowest BCUT2D eigenvalue weighted by Gasteiger charge is -2.10. The Morgan fingerprint density at radius 1 is 1.36 bits per heavy atom. The summed E-state index contributed by atoms with van der Waals surface area (Å²) >= 11 is 6.98. The molecule has 2 rings (SSSR count). The molecule has 22 heavy (non-hydrogen) atoms. The molecule has 0 aliphatic rings. The molecule has 122 valence electrons. The Labute approximate surface area is 165 Å². The van der Waals surface area contributed by atoms with Crippen LogP contribution in [0.3, 0.4) is 0 Å². The Morgan fingerprint density at radius 3 is 2.77 bits per heavy atom. The molecule has 0 unspecified atom stereocenters. The normalized spacial score (nSPS) is 11.1. The van der Waals surface area contributed by atoms with E-state index in [0.717, 1.165) is 36.4 Å². The van der Waals surface area contributed by atoms with Crippen molar-refractivity contribution in [3.63, 3.8) is 0 Å². The van der Waals surface area contributed by atoms with E-state index in [9.17, 15) is 0 Å². The van der Waals surface area contributed by atoms with Gasteiger partial charge in [-0.05, 0) is 28.4 Å². The monoisotopic (exact) mass is 514 g/mol. The molecule has 0 saturated heterocycles. The summed E-state index contributed by atoms with van der Waals surface area (Å²) in [7, 11) is 1.79. The zero-order valence-electron chi connectivity index (χ0n) is 12.6. The third-order valence-electron chi connectivity index (χ3n) is 2.86. The highest BCUT2D eigenvalue weighted by Gasteiger charge is 2.03. The van der Waals surface area contributed by atoms with Crippen LogP contribution in [0, 0.1) is 0 Å². The van der Waals surface area contributed by atoms with Gasteiger partial charge in [0.05, 0.1) is 11.6 Å². The third-order valence-corrected chi connectivity index (χ3v) is 5.76. The van der Waals surface area contributed by atoms with Gasteiger partial charge >= 0.3 is 0 Å². The predicted molar refractivity (Wildman–Crippen MR) is 111 cm³/mol. The second kappa shape index (κ2) is 10.6. The highest BCUT2D eigenvalue weighted by molar-refractivity contribution is 14.0. The Bertz CT molecular complexity index is 597. The molecule has 2 aromatic heterocycles. The standard InChI is InChI=1S/C14H19BrN4S2.HI/c1-3-11-7-18-13(21-11)4-5-17-14(16-2)19-8-12-6-10(15)9-20-12;/h6-7,9H,3-5,8H2,1-2H3,(H2,16,17,19);1H. The van der Waals surface area contributed by atoms with Crippen molar-refractivity contribution in [2.45, 2.75) is 26.3 Å². The minimum atomic E-state index is 0. The molecule has 0 radical (unpaired) electrons. The molecule has 0 bridgehead atoms. The maximum Gasteiger partial charge on any atom is 0.191 e. The number of nitrogens with one attached hydrogen (secondary N) is 2. The van der Waals surface area contributed by atoms with E-state index in [1.165, 1.54) is 14.8 Å². The van der Waals surface area contributed by atoms with Crippen LogP contribution in [0.15, 0.2) is 27.1 Å². The van der Waals surface area contributed by atoms with Crippen LogP contribution in [0.5, 0.6) is 0 Å². The first-order chi connectivity index (χ1) is 10.2. The van der Waals surface area contributed by atoms with Gasteiger partial charge in [-0.3, -0.25) is 4.99 Å². The number of halogens is 2. The molecular formula is C14H20BrIN4S2. The Kier molecular flexibility index (Phi) is 9.53. The lowest BCUT2D eigenvalue weighted by Crippen LogP contribution is -2.37. The molecule has 0 atom stereocenters. The van der Waals surface area contributed by atoms with Crippen LogP contribution < -0.4 is 10.6 Å². The highest BCUT2D eigenvalue weighted by Crippen LogP contribution is 2.19. The number of thiazole rings is 1. The van der Waals surface area contributed by atoms with E-state index in [1.807, 2.05) is 6.20 Å². The van der Waals surface area contributed by atoms with Gasteiger partial charge in [0.25, 0.3) is 0 Å². The van der Waals surface area contributed by atoms with Crippen molar-refractivity contribution in [2.75, 3.05) is 13.6 Å². The van der Waals surface area contributed by atoms with Crippen molar-refractivity contribution in [1.29, 1.82) is 0 Å². The average molecular weight is 515 g/mol. The van der Waals surface area contributed by atoms with Gasteiger partial charge in [-0.25, -0.2) is 4.98 Å². The number of guanidine groups is 1. The second-order valence-electron chi connectivity index (χ2n) is 4.41. The Hall–Kier alpha value is -0.190. The lowest BCUT2D eigenvalue weighted by atomic mass is 10.4. The summed E-state index contributed by atoms with van der Waals surface area (Å²) in [6.45, 7) is 3.78. The first-order valence-corrected chi connectivity index (χ1v) is 9.31. The van der Waals surface area contributed by atoms with E-state index in [1.54, 1.807) is 29.7 Å². The van der Waals surface area contributed by atoms with Crippen molar-refractivity contribution in [3.8, 4) is 0 Å². The van der Waals surface area contributed by atoms with Crippen LogP contribution in [0.4, 0.5) is 0 Å². The molecule has 2 heterocycles. The summed E-state index contributed by atoms with van der Waals surface area (Å²) in [5.41, 5.74) is 0. The summed E-state index contributed by atoms with van der Waals surface area (Å²) < 4.78 is 1.13. The molecule has 0 spiro atoms. The fourth-order valence-electron chi connectivity index (χ4n) is 1.75. The van der Waals surface area contributed by atoms with E-state index < -0.39 is 0 Å². The number of hydrogen-bond acceptors (Lipinski definition) is 4. The van der Waals surface area contributed by atoms with Gasteiger partial charge in [0.15, 0.2) is 5.96 Å². The zero-order valence-corrected chi connectivity index (χ0v) is 18.1. The van der Waals surface area contributed by atoms with Crippen LogP contribution in [0.2, 0.25) is 0 Å². The van der Waals surface area contributed by atoms with E-state index in [-0.39, 0.29) is 24.0 Å². The van der Waals surface area contributed by atoms with Crippen molar-refractivity contribution < 1.29 is 0 Å². The molecule has 0 saturated carbocycles. The number of hydrogen-bond donors (Lipinski definition) is 2. The molecule has 4 nitrogen and oxygen atoms in total. The van der Waals surface area contributed by atoms with Gasteiger partial charge in [-0.1, -0.05) is 6.92 Å². The molecule has 0 amide bonds. The minimum Gasteiger partial charge on any atom is -0.356 e. The number of aliphatic imine (C=N–C) groups is 1.